The second-order valence-electron chi connectivity index (χ2n) is 4.21. The van der Waals surface area contributed by atoms with Crippen LogP contribution in [-0.2, 0) is 6.54 Å². The monoisotopic (exact) mass is 316 g/mol. The molecule has 0 aromatic heterocycles. The average molecular weight is 317 g/mol. The van der Waals surface area contributed by atoms with E-state index in [1.807, 2.05) is 37.3 Å². The van der Waals surface area contributed by atoms with Crippen molar-refractivity contribution < 1.29 is 5.11 Å². The number of aryl methyl sites for hydroxylation is 1. The first-order chi connectivity index (χ1) is 9.13. The van der Waals surface area contributed by atoms with E-state index in [0.29, 0.717) is 16.6 Å². The number of nitrogens with zero attached hydrogens (tertiary/aromatic N) is 1. The number of nitriles is 1. The first-order valence-corrected chi connectivity index (χ1v) is 6.62. The molecular formula is C15H13BrN2O. The number of benzene rings is 2. The maximum Gasteiger partial charge on any atom is 0.134 e. The molecule has 0 amide bonds. The number of hydrogen-bond donors (Lipinski definition) is 2. The summed E-state index contributed by atoms with van der Waals surface area (Å²) in [5.41, 5.74) is 3.13. The molecule has 3 nitrogen and oxygen atoms in total. The Bertz CT molecular complexity index is 647. The molecule has 0 spiro atoms. The minimum Gasteiger partial charge on any atom is -0.506 e. The fraction of sp³-hybridized carbons (Fsp3) is 0.133. The topological polar surface area (TPSA) is 56.0 Å². The number of para-hydroxylation sites is 1. The molecule has 2 rings (SSSR count). The highest BCUT2D eigenvalue weighted by Crippen LogP contribution is 2.28. The Morgan fingerprint density at radius 1 is 1.26 bits per heavy atom. The van der Waals surface area contributed by atoms with Crippen LogP contribution in [0.25, 0.3) is 0 Å². The van der Waals surface area contributed by atoms with Crippen molar-refractivity contribution in [1.29, 1.82) is 5.26 Å². The maximum absolute atomic E-state index is 9.90. The summed E-state index contributed by atoms with van der Waals surface area (Å²) in [6.45, 7) is 2.36. The molecule has 0 radical (unpaired) electrons. The third kappa shape index (κ3) is 2.88. The van der Waals surface area contributed by atoms with Gasteiger partial charge in [-0.1, -0.05) is 24.3 Å². The largest absolute Gasteiger partial charge is 0.506 e. The zero-order valence-electron chi connectivity index (χ0n) is 10.4. The Morgan fingerprint density at radius 3 is 2.74 bits per heavy atom. The Kier molecular flexibility index (Phi) is 4.08. The number of halogens is 1. The van der Waals surface area contributed by atoms with Gasteiger partial charge in [0.05, 0.1) is 15.7 Å². The number of phenols is 1. The van der Waals surface area contributed by atoms with E-state index in [1.165, 1.54) is 0 Å². The lowest BCUT2D eigenvalue weighted by atomic mass is 10.1. The Balaban J connectivity index is 2.22. The van der Waals surface area contributed by atoms with Crippen LogP contribution in [0.3, 0.4) is 0 Å². The number of phenolic OH excluding ortho intramolecular Hbond substituents is 1. The van der Waals surface area contributed by atoms with Crippen LogP contribution < -0.4 is 5.32 Å². The van der Waals surface area contributed by atoms with E-state index in [-0.39, 0.29) is 5.75 Å². The number of rotatable bonds is 3. The molecule has 0 unspecified atom stereocenters. The van der Waals surface area contributed by atoms with Crippen molar-refractivity contribution in [3.63, 3.8) is 0 Å². The van der Waals surface area contributed by atoms with Crippen molar-refractivity contribution in [1.82, 2.24) is 0 Å². The van der Waals surface area contributed by atoms with Crippen LogP contribution in [0.15, 0.2) is 40.9 Å². The van der Waals surface area contributed by atoms with Crippen LogP contribution in [0.1, 0.15) is 16.7 Å². The third-order valence-corrected chi connectivity index (χ3v) is 3.56. The molecule has 0 fully saturated rings. The van der Waals surface area contributed by atoms with Gasteiger partial charge in [-0.2, -0.15) is 5.26 Å². The van der Waals surface area contributed by atoms with Crippen LogP contribution >= 0.6 is 15.9 Å². The van der Waals surface area contributed by atoms with Gasteiger partial charge in [-0.3, -0.25) is 0 Å². The molecule has 2 aromatic carbocycles. The summed E-state index contributed by atoms with van der Waals surface area (Å²) < 4.78 is 0.663. The maximum atomic E-state index is 9.90. The first kappa shape index (κ1) is 13.4. The van der Waals surface area contributed by atoms with Crippen molar-refractivity contribution in [2.75, 3.05) is 5.32 Å². The van der Waals surface area contributed by atoms with E-state index in [0.717, 1.165) is 16.8 Å². The van der Waals surface area contributed by atoms with Gasteiger partial charge in [0, 0.05) is 12.1 Å². The van der Waals surface area contributed by atoms with Crippen LogP contribution in [0.4, 0.5) is 5.69 Å². The van der Waals surface area contributed by atoms with Crippen molar-refractivity contribution in [3.8, 4) is 11.8 Å². The van der Waals surface area contributed by atoms with Gasteiger partial charge in [0.1, 0.15) is 11.8 Å². The van der Waals surface area contributed by atoms with Gasteiger partial charge in [-0.05, 0) is 40.5 Å². The number of aromatic hydroxyl groups is 1. The van der Waals surface area contributed by atoms with Gasteiger partial charge in [0.2, 0.25) is 0 Å². The van der Waals surface area contributed by atoms with Crippen LogP contribution in [0.5, 0.6) is 5.75 Å². The quantitative estimate of drug-likeness (QED) is 0.901. The highest BCUT2D eigenvalue weighted by molar-refractivity contribution is 9.10. The lowest BCUT2D eigenvalue weighted by Gasteiger charge is -2.11. The zero-order valence-corrected chi connectivity index (χ0v) is 12.0. The van der Waals surface area contributed by atoms with E-state index < -0.39 is 0 Å². The molecule has 0 saturated heterocycles. The number of nitrogens with one attached hydrogen (secondary N) is 1. The normalized spacial score (nSPS) is 9.95. The summed E-state index contributed by atoms with van der Waals surface area (Å²) in [6.07, 6.45) is 0. The smallest absolute Gasteiger partial charge is 0.134 e. The molecule has 0 atom stereocenters. The predicted octanol–water partition coefficient (Wildman–Crippen LogP) is 3.95. The van der Waals surface area contributed by atoms with Gasteiger partial charge >= 0.3 is 0 Å². The van der Waals surface area contributed by atoms with Crippen molar-refractivity contribution >= 4 is 21.6 Å². The molecule has 2 N–H and O–H groups in total. The number of hydrogen-bond acceptors (Lipinski definition) is 3. The van der Waals surface area contributed by atoms with Crippen molar-refractivity contribution in [2.45, 2.75) is 13.5 Å². The van der Waals surface area contributed by atoms with E-state index >= 15 is 0 Å². The van der Waals surface area contributed by atoms with E-state index in [9.17, 15) is 5.11 Å². The molecule has 2 aromatic rings. The summed E-state index contributed by atoms with van der Waals surface area (Å²) >= 11 is 3.28. The fourth-order valence-corrected chi connectivity index (χ4v) is 2.26. The molecule has 0 aliphatic heterocycles. The Morgan fingerprint density at radius 2 is 2.00 bits per heavy atom. The fourth-order valence-electron chi connectivity index (χ4n) is 1.86. The first-order valence-electron chi connectivity index (χ1n) is 5.83. The lowest BCUT2D eigenvalue weighted by molar-refractivity contribution is 0.465. The molecule has 0 saturated carbocycles. The van der Waals surface area contributed by atoms with Gasteiger partial charge in [-0.15, -0.1) is 0 Å². The highest BCUT2D eigenvalue weighted by Gasteiger charge is 2.07. The average Bonchev–Trinajstić information content (AvgIpc) is 2.40. The highest BCUT2D eigenvalue weighted by atomic mass is 79.9. The molecule has 0 bridgehead atoms. The van der Waals surface area contributed by atoms with Crippen LogP contribution in [0.2, 0.25) is 0 Å². The van der Waals surface area contributed by atoms with Crippen molar-refractivity contribution in [3.05, 3.63) is 57.6 Å². The number of anilines is 1. The van der Waals surface area contributed by atoms with Gasteiger partial charge in [0.15, 0.2) is 0 Å². The van der Waals surface area contributed by atoms with Crippen molar-refractivity contribution in [2.24, 2.45) is 0 Å². The summed E-state index contributed by atoms with van der Waals surface area (Å²) in [5.74, 6) is 0.223. The van der Waals surface area contributed by atoms with E-state index in [2.05, 4.69) is 27.3 Å². The second-order valence-corrected chi connectivity index (χ2v) is 5.06. The second kappa shape index (κ2) is 5.77. The lowest BCUT2D eigenvalue weighted by Crippen LogP contribution is -2.02. The van der Waals surface area contributed by atoms with E-state index in [1.54, 1.807) is 6.07 Å². The SMILES string of the molecule is Cc1cccc(NCc2cccc(Br)c2O)c1C#N. The Labute approximate surface area is 120 Å². The molecule has 19 heavy (non-hydrogen) atoms. The standard InChI is InChI=1S/C15H13BrN2O/c1-10-4-2-7-14(12(10)8-17)18-9-11-5-3-6-13(16)15(11)19/h2-7,18-19H,9H2,1H3. The summed E-state index contributed by atoms with van der Waals surface area (Å²) in [7, 11) is 0. The summed E-state index contributed by atoms with van der Waals surface area (Å²) in [5, 5.41) is 22.2. The molecule has 0 aliphatic carbocycles. The summed E-state index contributed by atoms with van der Waals surface area (Å²) in [4.78, 5) is 0. The third-order valence-electron chi connectivity index (χ3n) is 2.92. The molecule has 0 heterocycles. The zero-order chi connectivity index (χ0) is 13.8. The minimum absolute atomic E-state index is 0.223. The predicted molar refractivity (Wildman–Crippen MR) is 79.0 cm³/mol. The molecular weight excluding hydrogens is 304 g/mol. The molecule has 4 heteroatoms. The van der Waals surface area contributed by atoms with Gasteiger partial charge in [0.25, 0.3) is 0 Å². The summed E-state index contributed by atoms with van der Waals surface area (Å²) in [6, 6.07) is 13.3. The van der Waals surface area contributed by atoms with E-state index in [4.69, 9.17) is 5.26 Å². The van der Waals surface area contributed by atoms with Crippen LogP contribution in [0, 0.1) is 18.3 Å². The molecule has 0 aliphatic rings. The van der Waals surface area contributed by atoms with Gasteiger partial charge in [-0.25, -0.2) is 0 Å². The Hall–Kier alpha value is -1.99. The minimum atomic E-state index is 0.223. The molecule has 96 valence electrons. The van der Waals surface area contributed by atoms with Gasteiger partial charge < -0.3 is 10.4 Å². The van der Waals surface area contributed by atoms with Crippen LogP contribution in [-0.4, -0.2) is 5.11 Å².